The number of hydrogen-bond donors (Lipinski definition) is 2. The average molecular weight is 526 g/mol. The molecule has 0 unspecified atom stereocenters. The van der Waals surface area contributed by atoms with Gasteiger partial charge in [-0.05, 0) is 95.7 Å². The van der Waals surface area contributed by atoms with E-state index in [4.69, 9.17) is 0 Å². The lowest BCUT2D eigenvalue weighted by Crippen LogP contribution is -2.65. The second kappa shape index (κ2) is 11.6. The molecule has 0 aromatic heterocycles. The largest absolute Gasteiger partial charge is 0.352 e. The number of nitrogens with one attached hydrogen (secondary N) is 2. The molecule has 2 aromatic carbocycles. The van der Waals surface area contributed by atoms with Crippen molar-refractivity contribution in [2.24, 2.45) is 0 Å². The molecule has 0 saturated carbocycles. The Balaban J connectivity index is 1.63. The minimum Gasteiger partial charge on any atom is -0.352 e. The molecule has 2 aromatic rings. The van der Waals surface area contributed by atoms with Crippen molar-refractivity contribution in [3.63, 3.8) is 0 Å². The number of nitrogens with zero attached hydrogens (tertiary/aromatic N) is 1. The van der Waals surface area contributed by atoms with Crippen LogP contribution in [0.25, 0.3) is 0 Å². The van der Waals surface area contributed by atoms with Crippen molar-refractivity contribution in [3.8, 4) is 0 Å². The fourth-order valence-corrected chi connectivity index (χ4v) is 7.70. The van der Waals surface area contributed by atoms with E-state index >= 15 is 0 Å². The number of carbonyl (C=O) groups excluding carboxylic acids is 2. The highest BCUT2D eigenvalue weighted by Crippen LogP contribution is 2.42. The van der Waals surface area contributed by atoms with Gasteiger partial charge in [0.15, 0.2) is 0 Å². The maximum atomic E-state index is 13.8. The number of amides is 2. The number of benzene rings is 2. The smallest absolute Gasteiger partial charge is 0.251 e. The molecule has 0 aliphatic carbocycles. The molecule has 0 radical (unpaired) electrons. The van der Waals surface area contributed by atoms with Crippen LogP contribution in [0.3, 0.4) is 0 Å². The molecule has 7 nitrogen and oxygen atoms in total. The highest BCUT2D eigenvalue weighted by molar-refractivity contribution is 7.89. The quantitative estimate of drug-likeness (QED) is 0.354. The third-order valence-electron chi connectivity index (χ3n) is 6.80. The lowest BCUT2D eigenvalue weighted by atomic mass is 9.79. The third-order valence-corrected chi connectivity index (χ3v) is 9.14. The van der Waals surface area contributed by atoms with Gasteiger partial charge in [-0.1, -0.05) is 36.9 Å². The first-order valence-electron chi connectivity index (χ1n) is 12.8. The summed E-state index contributed by atoms with van der Waals surface area (Å²) in [7, 11) is -3.86. The molecule has 2 N–H and O–H groups in total. The molecule has 3 rings (SSSR count). The SMILES string of the molecule is C=CC(=O)NC1CC(C)(C)N(S(=O)(=O)c2ccc(C(=O)NCCCCc3ccccc3)cc2)C(C)(C)C1. The lowest BCUT2D eigenvalue weighted by molar-refractivity contribution is -0.118. The molecule has 8 heteroatoms. The summed E-state index contributed by atoms with van der Waals surface area (Å²) in [6, 6.07) is 16.2. The molecule has 37 heavy (non-hydrogen) atoms. The molecule has 1 aliphatic rings. The van der Waals surface area contributed by atoms with Gasteiger partial charge in [0.2, 0.25) is 15.9 Å². The second-order valence-corrected chi connectivity index (χ2v) is 12.7. The maximum Gasteiger partial charge on any atom is 0.251 e. The Morgan fingerprint density at radius 3 is 2.14 bits per heavy atom. The van der Waals surface area contributed by atoms with E-state index in [1.165, 1.54) is 23.8 Å². The number of carbonyl (C=O) groups is 2. The van der Waals surface area contributed by atoms with Crippen LogP contribution in [-0.4, -0.2) is 48.2 Å². The van der Waals surface area contributed by atoms with Crippen molar-refractivity contribution in [2.45, 2.75) is 81.8 Å². The fourth-order valence-electron chi connectivity index (χ4n) is 5.56. The molecule has 1 aliphatic heterocycles. The van der Waals surface area contributed by atoms with E-state index in [0.717, 1.165) is 19.3 Å². The summed E-state index contributed by atoms with van der Waals surface area (Å²) in [6.45, 7) is 11.6. The highest BCUT2D eigenvalue weighted by Gasteiger charge is 2.51. The third kappa shape index (κ3) is 7.08. The molecule has 1 fully saturated rings. The van der Waals surface area contributed by atoms with Crippen LogP contribution >= 0.6 is 0 Å². The first kappa shape index (κ1) is 28.6. The van der Waals surface area contributed by atoms with Crippen LogP contribution in [0.4, 0.5) is 0 Å². The minimum atomic E-state index is -3.86. The molecule has 1 saturated heterocycles. The van der Waals surface area contributed by atoms with Gasteiger partial charge in [-0.25, -0.2) is 8.42 Å². The monoisotopic (exact) mass is 525 g/mol. The summed E-state index contributed by atoms with van der Waals surface area (Å²) in [5, 5.41) is 5.84. The predicted molar refractivity (Wildman–Crippen MR) is 147 cm³/mol. The fraction of sp³-hybridized carbons (Fsp3) is 0.448. The highest BCUT2D eigenvalue weighted by atomic mass is 32.2. The number of unbranched alkanes of at least 4 members (excludes halogenated alkanes) is 1. The van der Waals surface area contributed by atoms with Crippen molar-refractivity contribution in [1.82, 2.24) is 14.9 Å². The van der Waals surface area contributed by atoms with Crippen LogP contribution in [0, 0.1) is 0 Å². The van der Waals surface area contributed by atoms with Gasteiger partial charge in [-0.2, -0.15) is 4.31 Å². The van der Waals surface area contributed by atoms with E-state index in [2.05, 4.69) is 29.3 Å². The summed E-state index contributed by atoms with van der Waals surface area (Å²) < 4.78 is 29.1. The normalized spacial score (nSPS) is 17.6. The summed E-state index contributed by atoms with van der Waals surface area (Å²) >= 11 is 0. The first-order valence-corrected chi connectivity index (χ1v) is 14.2. The molecule has 0 atom stereocenters. The van der Waals surface area contributed by atoms with Gasteiger partial charge >= 0.3 is 0 Å². The van der Waals surface area contributed by atoms with Gasteiger partial charge in [0.25, 0.3) is 5.91 Å². The van der Waals surface area contributed by atoms with E-state index in [1.54, 1.807) is 16.4 Å². The predicted octanol–water partition coefficient (Wildman–Crippen LogP) is 4.45. The van der Waals surface area contributed by atoms with E-state index in [9.17, 15) is 18.0 Å². The summed E-state index contributed by atoms with van der Waals surface area (Å²) in [5.74, 6) is -0.485. The number of rotatable bonds is 10. The van der Waals surface area contributed by atoms with E-state index < -0.39 is 21.1 Å². The Labute approximate surface area is 221 Å². The molecule has 200 valence electrons. The number of aryl methyl sites for hydroxylation is 1. The molecule has 1 heterocycles. The van der Waals surface area contributed by atoms with Gasteiger partial charge in [-0.3, -0.25) is 9.59 Å². The van der Waals surface area contributed by atoms with Crippen molar-refractivity contribution in [2.75, 3.05) is 6.54 Å². The maximum absolute atomic E-state index is 13.8. The average Bonchev–Trinajstić information content (AvgIpc) is 2.82. The van der Waals surface area contributed by atoms with Crippen molar-refractivity contribution in [1.29, 1.82) is 0 Å². The standard InChI is InChI=1S/C29H39N3O4S/c1-6-26(33)31-24-20-28(2,3)32(29(4,5)21-24)37(35,36)25-17-15-23(16-18-25)27(34)30-19-11-10-14-22-12-8-7-9-13-22/h6-9,12-13,15-18,24H,1,10-11,14,19-21H2,2-5H3,(H,30,34)(H,31,33). The Kier molecular flexibility index (Phi) is 8.97. The molecular formula is C29H39N3O4S. The van der Waals surface area contributed by atoms with Crippen LogP contribution in [0.2, 0.25) is 0 Å². The number of piperidine rings is 1. The molecule has 0 bridgehead atoms. The van der Waals surface area contributed by atoms with Gasteiger partial charge in [0.05, 0.1) is 4.90 Å². The molecule has 2 amide bonds. The zero-order valence-electron chi connectivity index (χ0n) is 22.3. The van der Waals surface area contributed by atoms with Crippen LogP contribution in [-0.2, 0) is 21.2 Å². The van der Waals surface area contributed by atoms with Crippen LogP contribution in [0.1, 0.15) is 69.3 Å². The lowest BCUT2D eigenvalue weighted by Gasteiger charge is -2.53. The van der Waals surface area contributed by atoms with E-state index in [0.29, 0.717) is 24.9 Å². The van der Waals surface area contributed by atoms with Gasteiger partial charge in [0, 0.05) is 29.2 Å². The second-order valence-electron chi connectivity index (χ2n) is 10.9. The summed E-state index contributed by atoms with van der Waals surface area (Å²) in [4.78, 5) is 24.6. The van der Waals surface area contributed by atoms with Gasteiger partial charge in [-0.15, -0.1) is 0 Å². The number of sulfonamides is 1. The Hall–Kier alpha value is -2.97. The molecular weight excluding hydrogens is 486 g/mol. The zero-order valence-corrected chi connectivity index (χ0v) is 23.1. The summed E-state index contributed by atoms with van der Waals surface area (Å²) in [5.41, 5.74) is 0.222. The zero-order chi connectivity index (χ0) is 27.3. The van der Waals surface area contributed by atoms with Crippen LogP contribution < -0.4 is 10.6 Å². The minimum absolute atomic E-state index is 0.140. The van der Waals surface area contributed by atoms with E-state index in [1.807, 2.05) is 45.9 Å². The van der Waals surface area contributed by atoms with Crippen LogP contribution in [0.15, 0.2) is 72.1 Å². The summed E-state index contributed by atoms with van der Waals surface area (Å²) in [6.07, 6.45) is 4.97. The number of hydrogen-bond acceptors (Lipinski definition) is 4. The topological polar surface area (TPSA) is 95.6 Å². The van der Waals surface area contributed by atoms with E-state index in [-0.39, 0.29) is 22.8 Å². The Bertz CT molecular complexity index is 1190. The van der Waals surface area contributed by atoms with Crippen molar-refractivity contribution in [3.05, 3.63) is 78.4 Å². The Morgan fingerprint density at radius 1 is 0.973 bits per heavy atom. The van der Waals surface area contributed by atoms with Gasteiger partial charge < -0.3 is 10.6 Å². The first-order chi connectivity index (χ1) is 17.4. The van der Waals surface area contributed by atoms with Crippen molar-refractivity contribution >= 4 is 21.8 Å². The van der Waals surface area contributed by atoms with Crippen LogP contribution in [0.5, 0.6) is 0 Å². The molecule has 0 spiro atoms. The Morgan fingerprint density at radius 2 is 1.57 bits per heavy atom. The van der Waals surface area contributed by atoms with Gasteiger partial charge in [0.1, 0.15) is 0 Å². The van der Waals surface area contributed by atoms with Crippen molar-refractivity contribution < 1.29 is 18.0 Å².